The Hall–Kier alpha value is -2.68. The van der Waals surface area contributed by atoms with Crippen molar-refractivity contribution in [2.45, 2.75) is 31.4 Å². The van der Waals surface area contributed by atoms with Crippen LogP contribution in [0.25, 0.3) is 0 Å². The molecule has 1 saturated carbocycles. The van der Waals surface area contributed by atoms with E-state index in [9.17, 15) is 19.5 Å². The normalized spacial score (nSPS) is 19.5. The maximum Gasteiger partial charge on any atom is 0.328 e. The minimum absolute atomic E-state index is 0.0190. The molecular weight excluding hydrogens is 314 g/mol. The van der Waals surface area contributed by atoms with Gasteiger partial charge in [-0.15, -0.1) is 0 Å². The summed E-state index contributed by atoms with van der Waals surface area (Å²) in [5.41, 5.74) is -0.777. The number of rotatable bonds is 2. The van der Waals surface area contributed by atoms with Gasteiger partial charge in [0.15, 0.2) is 0 Å². The summed E-state index contributed by atoms with van der Waals surface area (Å²) >= 11 is 0. The SMILES string of the molecule is Cn1c(=O)cc[nH]c1=O.Cn1c(N[C@@H]2CCC[C@H]2O)nccc1=O. The number of hydrogen-bond donors (Lipinski definition) is 3. The zero-order valence-corrected chi connectivity index (χ0v) is 13.6. The summed E-state index contributed by atoms with van der Waals surface area (Å²) in [6.07, 6.45) is 5.22. The van der Waals surface area contributed by atoms with Crippen molar-refractivity contribution in [2.75, 3.05) is 5.32 Å². The average Bonchev–Trinajstić information content (AvgIpc) is 2.95. The van der Waals surface area contributed by atoms with Crippen molar-refractivity contribution in [3.63, 3.8) is 0 Å². The van der Waals surface area contributed by atoms with Crippen molar-refractivity contribution in [1.82, 2.24) is 19.1 Å². The predicted octanol–water partition coefficient (Wildman–Crippen LogP) is -0.821. The van der Waals surface area contributed by atoms with Crippen molar-refractivity contribution >= 4 is 5.95 Å². The van der Waals surface area contributed by atoms with E-state index >= 15 is 0 Å². The quantitative estimate of drug-likeness (QED) is 0.659. The Labute approximate surface area is 137 Å². The molecule has 1 aliphatic carbocycles. The Balaban J connectivity index is 0.000000198. The first kappa shape index (κ1) is 17.7. The van der Waals surface area contributed by atoms with Crippen LogP contribution in [0.15, 0.2) is 38.9 Å². The molecule has 0 saturated heterocycles. The molecule has 3 N–H and O–H groups in total. The van der Waals surface area contributed by atoms with Crippen LogP contribution in [-0.2, 0) is 14.1 Å². The summed E-state index contributed by atoms with van der Waals surface area (Å²) in [7, 11) is 3.08. The maximum absolute atomic E-state index is 11.3. The van der Waals surface area contributed by atoms with Crippen molar-refractivity contribution in [3.8, 4) is 0 Å². The Morgan fingerprint density at radius 3 is 2.46 bits per heavy atom. The van der Waals surface area contributed by atoms with Gasteiger partial charge in [-0.1, -0.05) is 0 Å². The third kappa shape index (κ3) is 4.19. The van der Waals surface area contributed by atoms with Crippen LogP contribution >= 0.6 is 0 Å². The molecule has 2 atom stereocenters. The molecule has 0 bridgehead atoms. The fraction of sp³-hybridized carbons (Fsp3) is 0.467. The maximum atomic E-state index is 11.3. The van der Waals surface area contributed by atoms with E-state index in [0.717, 1.165) is 23.8 Å². The number of hydrogen-bond acceptors (Lipinski definition) is 6. The van der Waals surface area contributed by atoms with Crippen LogP contribution in [0.1, 0.15) is 19.3 Å². The molecule has 9 heteroatoms. The van der Waals surface area contributed by atoms with E-state index in [2.05, 4.69) is 15.3 Å². The number of H-pyrrole nitrogens is 1. The first-order valence-electron chi connectivity index (χ1n) is 7.61. The molecule has 0 radical (unpaired) electrons. The third-order valence-corrected chi connectivity index (χ3v) is 3.92. The second kappa shape index (κ2) is 7.73. The second-order valence-electron chi connectivity index (χ2n) is 5.59. The molecule has 3 rings (SSSR count). The largest absolute Gasteiger partial charge is 0.391 e. The lowest BCUT2D eigenvalue weighted by molar-refractivity contribution is 0.171. The van der Waals surface area contributed by atoms with E-state index in [4.69, 9.17) is 0 Å². The standard InChI is InChI=1S/C10H15N3O2.C5H6N2O2/c1-13-9(15)5-6-11-10(13)12-7-3-2-4-8(7)14;1-7-4(8)2-3-6-5(7)9/h5-8,14H,2-4H2,1H3,(H,11,12);2-3H,1H3,(H,6,9)/t7-,8-;/m1./s1. The summed E-state index contributed by atoms with van der Waals surface area (Å²) < 4.78 is 2.45. The topological polar surface area (TPSA) is 122 Å². The van der Waals surface area contributed by atoms with Gasteiger partial charge >= 0.3 is 5.69 Å². The van der Waals surface area contributed by atoms with Gasteiger partial charge < -0.3 is 15.4 Å². The monoisotopic (exact) mass is 335 g/mol. The molecule has 0 amide bonds. The zero-order valence-electron chi connectivity index (χ0n) is 13.6. The van der Waals surface area contributed by atoms with Gasteiger partial charge in [-0.2, -0.15) is 0 Å². The number of aliphatic hydroxyl groups is 1. The number of anilines is 1. The van der Waals surface area contributed by atoms with E-state index in [0.29, 0.717) is 5.95 Å². The van der Waals surface area contributed by atoms with Crippen molar-refractivity contribution in [2.24, 2.45) is 14.1 Å². The highest BCUT2D eigenvalue weighted by Gasteiger charge is 2.25. The number of aliphatic hydroxyl groups excluding tert-OH is 1. The molecule has 1 fully saturated rings. The van der Waals surface area contributed by atoms with E-state index in [1.165, 1.54) is 36.1 Å². The van der Waals surface area contributed by atoms with E-state index in [-0.39, 0.29) is 29.0 Å². The molecule has 9 nitrogen and oxygen atoms in total. The van der Waals surface area contributed by atoms with Gasteiger partial charge in [0.2, 0.25) is 5.95 Å². The Bertz CT molecular complexity index is 825. The molecule has 1 aliphatic rings. The Morgan fingerprint density at radius 2 is 1.88 bits per heavy atom. The van der Waals surface area contributed by atoms with Gasteiger partial charge in [-0.3, -0.25) is 18.7 Å². The lowest BCUT2D eigenvalue weighted by atomic mass is 10.2. The van der Waals surface area contributed by atoms with Crippen LogP contribution in [0.3, 0.4) is 0 Å². The third-order valence-electron chi connectivity index (χ3n) is 3.92. The van der Waals surface area contributed by atoms with Crippen LogP contribution in [-0.4, -0.2) is 36.4 Å². The van der Waals surface area contributed by atoms with Crippen molar-refractivity contribution < 1.29 is 5.11 Å². The molecular formula is C15H21N5O4. The summed E-state index contributed by atoms with van der Waals surface area (Å²) in [6.45, 7) is 0. The summed E-state index contributed by atoms with van der Waals surface area (Å²) in [4.78, 5) is 38.9. The first-order chi connectivity index (χ1) is 11.4. The lowest BCUT2D eigenvalue weighted by Crippen LogP contribution is -2.31. The van der Waals surface area contributed by atoms with Crippen LogP contribution < -0.4 is 22.1 Å². The second-order valence-corrected chi connectivity index (χ2v) is 5.59. The van der Waals surface area contributed by atoms with Gasteiger partial charge in [-0.05, 0) is 19.3 Å². The molecule has 2 aromatic heterocycles. The molecule has 2 aromatic rings. The molecule has 130 valence electrons. The average molecular weight is 335 g/mol. The Morgan fingerprint density at radius 1 is 1.17 bits per heavy atom. The summed E-state index contributed by atoms with van der Waals surface area (Å²) in [5.74, 6) is 0.522. The van der Waals surface area contributed by atoms with Crippen LogP contribution in [0.2, 0.25) is 0 Å². The fourth-order valence-corrected chi connectivity index (χ4v) is 2.38. The van der Waals surface area contributed by atoms with Crippen LogP contribution in [0, 0.1) is 0 Å². The fourth-order valence-electron chi connectivity index (χ4n) is 2.38. The van der Waals surface area contributed by atoms with E-state index < -0.39 is 0 Å². The van der Waals surface area contributed by atoms with E-state index in [1.54, 1.807) is 7.05 Å². The highest BCUT2D eigenvalue weighted by Crippen LogP contribution is 2.21. The zero-order chi connectivity index (χ0) is 17.7. The van der Waals surface area contributed by atoms with E-state index in [1.807, 2.05) is 0 Å². The first-order valence-corrected chi connectivity index (χ1v) is 7.61. The van der Waals surface area contributed by atoms with Gasteiger partial charge in [0.1, 0.15) is 0 Å². The molecule has 2 heterocycles. The lowest BCUT2D eigenvalue weighted by Gasteiger charge is -2.18. The summed E-state index contributed by atoms with van der Waals surface area (Å²) in [6, 6.07) is 2.72. The van der Waals surface area contributed by atoms with Crippen LogP contribution in [0.5, 0.6) is 0 Å². The van der Waals surface area contributed by atoms with Crippen molar-refractivity contribution in [3.05, 3.63) is 55.7 Å². The number of nitrogens with zero attached hydrogens (tertiary/aromatic N) is 3. The molecule has 0 aliphatic heterocycles. The van der Waals surface area contributed by atoms with Crippen LogP contribution in [0.4, 0.5) is 5.95 Å². The number of aromatic amines is 1. The van der Waals surface area contributed by atoms with Gasteiger partial charge in [0, 0.05) is 38.6 Å². The Kier molecular flexibility index (Phi) is 5.69. The van der Waals surface area contributed by atoms with Gasteiger partial charge in [0.05, 0.1) is 12.1 Å². The van der Waals surface area contributed by atoms with Gasteiger partial charge in [-0.25, -0.2) is 9.78 Å². The molecule has 0 spiro atoms. The molecule has 24 heavy (non-hydrogen) atoms. The van der Waals surface area contributed by atoms with Gasteiger partial charge in [0.25, 0.3) is 11.1 Å². The highest BCUT2D eigenvalue weighted by atomic mass is 16.3. The molecule has 0 aromatic carbocycles. The highest BCUT2D eigenvalue weighted by molar-refractivity contribution is 5.27. The minimum atomic E-state index is -0.387. The van der Waals surface area contributed by atoms with Crippen molar-refractivity contribution in [1.29, 1.82) is 0 Å². The number of aromatic nitrogens is 4. The minimum Gasteiger partial charge on any atom is -0.391 e. The smallest absolute Gasteiger partial charge is 0.328 e. The predicted molar refractivity (Wildman–Crippen MR) is 89.1 cm³/mol. The summed E-state index contributed by atoms with van der Waals surface area (Å²) in [5, 5.41) is 12.7. The number of nitrogens with one attached hydrogen (secondary N) is 2. The molecule has 0 unspecified atom stereocenters.